The average Bonchev–Trinajstić information content (AvgIpc) is 2.41. The van der Waals surface area contributed by atoms with E-state index in [-0.39, 0.29) is 0 Å². The second-order valence-corrected chi connectivity index (χ2v) is 5.65. The Labute approximate surface area is 127 Å². The van der Waals surface area contributed by atoms with E-state index in [0.717, 1.165) is 37.6 Å². The van der Waals surface area contributed by atoms with Gasteiger partial charge in [0.25, 0.3) is 0 Å². The Balaban J connectivity index is 2.66. The number of nitrogens with zero attached hydrogens (tertiary/aromatic N) is 2. The molecular formula is C15H26ClN3O. The molecule has 0 saturated carbocycles. The SMILES string of the molecule is CCN(CCOC)c1ncc(CNCC(C)C)cc1Cl. The van der Waals surface area contributed by atoms with Crippen molar-refractivity contribution in [2.45, 2.75) is 27.3 Å². The first-order valence-electron chi connectivity index (χ1n) is 7.17. The lowest BCUT2D eigenvalue weighted by molar-refractivity contribution is 0.205. The van der Waals surface area contributed by atoms with Crippen LogP contribution in [0.2, 0.25) is 5.02 Å². The van der Waals surface area contributed by atoms with Gasteiger partial charge < -0.3 is 15.0 Å². The molecule has 1 N–H and O–H groups in total. The predicted octanol–water partition coefficient (Wildman–Crippen LogP) is 2.95. The number of methoxy groups -OCH3 is 1. The van der Waals surface area contributed by atoms with Gasteiger partial charge in [-0.25, -0.2) is 4.98 Å². The van der Waals surface area contributed by atoms with Crippen LogP contribution in [0.4, 0.5) is 5.82 Å². The largest absolute Gasteiger partial charge is 0.383 e. The average molecular weight is 300 g/mol. The Bertz CT molecular complexity index is 399. The van der Waals surface area contributed by atoms with Crippen molar-refractivity contribution in [3.05, 3.63) is 22.8 Å². The Hall–Kier alpha value is -0.840. The molecule has 0 amide bonds. The van der Waals surface area contributed by atoms with Crippen molar-refractivity contribution in [3.8, 4) is 0 Å². The maximum atomic E-state index is 6.35. The van der Waals surface area contributed by atoms with E-state index in [2.05, 4.69) is 36.0 Å². The quantitative estimate of drug-likeness (QED) is 0.761. The molecule has 1 rings (SSSR count). The van der Waals surface area contributed by atoms with Gasteiger partial charge in [0.1, 0.15) is 5.82 Å². The maximum Gasteiger partial charge on any atom is 0.147 e. The maximum absolute atomic E-state index is 6.35. The highest BCUT2D eigenvalue weighted by Crippen LogP contribution is 2.23. The van der Waals surface area contributed by atoms with Gasteiger partial charge in [-0.1, -0.05) is 25.4 Å². The van der Waals surface area contributed by atoms with Gasteiger partial charge >= 0.3 is 0 Å². The Morgan fingerprint density at radius 2 is 2.20 bits per heavy atom. The van der Waals surface area contributed by atoms with Gasteiger partial charge in [-0.3, -0.25) is 0 Å². The number of likely N-dealkylation sites (N-methyl/N-ethyl adjacent to an activating group) is 1. The molecule has 5 heteroatoms. The van der Waals surface area contributed by atoms with Crippen LogP contribution in [-0.4, -0.2) is 38.3 Å². The summed E-state index contributed by atoms with van der Waals surface area (Å²) in [6.45, 7) is 10.6. The van der Waals surface area contributed by atoms with Crippen molar-refractivity contribution < 1.29 is 4.74 Å². The minimum absolute atomic E-state index is 0.641. The van der Waals surface area contributed by atoms with Crippen LogP contribution in [0, 0.1) is 5.92 Å². The Morgan fingerprint density at radius 3 is 2.75 bits per heavy atom. The lowest BCUT2D eigenvalue weighted by atomic mass is 10.2. The number of halogens is 1. The van der Waals surface area contributed by atoms with Gasteiger partial charge in [0.05, 0.1) is 11.6 Å². The van der Waals surface area contributed by atoms with Crippen molar-refractivity contribution >= 4 is 17.4 Å². The van der Waals surface area contributed by atoms with Crippen LogP contribution in [0.5, 0.6) is 0 Å². The van der Waals surface area contributed by atoms with Crippen LogP contribution in [0.3, 0.4) is 0 Å². The molecule has 0 fully saturated rings. The molecule has 0 radical (unpaired) electrons. The van der Waals surface area contributed by atoms with Gasteiger partial charge in [-0.05, 0) is 31.0 Å². The van der Waals surface area contributed by atoms with Crippen molar-refractivity contribution in [2.24, 2.45) is 5.92 Å². The third-order valence-corrected chi connectivity index (χ3v) is 3.28. The first-order valence-corrected chi connectivity index (χ1v) is 7.55. The van der Waals surface area contributed by atoms with E-state index in [1.165, 1.54) is 0 Å². The number of aromatic nitrogens is 1. The van der Waals surface area contributed by atoms with Crippen LogP contribution in [-0.2, 0) is 11.3 Å². The Morgan fingerprint density at radius 1 is 1.45 bits per heavy atom. The fraction of sp³-hybridized carbons (Fsp3) is 0.667. The number of hydrogen-bond acceptors (Lipinski definition) is 4. The van der Waals surface area contributed by atoms with Crippen LogP contribution >= 0.6 is 11.6 Å². The van der Waals surface area contributed by atoms with Crippen LogP contribution in [0.25, 0.3) is 0 Å². The first kappa shape index (κ1) is 17.2. The van der Waals surface area contributed by atoms with E-state index in [1.807, 2.05) is 12.3 Å². The molecular weight excluding hydrogens is 274 g/mol. The van der Waals surface area contributed by atoms with Crippen molar-refractivity contribution in [3.63, 3.8) is 0 Å². The molecule has 0 atom stereocenters. The number of ether oxygens (including phenoxy) is 1. The monoisotopic (exact) mass is 299 g/mol. The topological polar surface area (TPSA) is 37.4 Å². The lowest BCUT2D eigenvalue weighted by Gasteiger charge is -2.22. The molecule has 0 bridgehead atoms. The Kier molecular flexibility index (Phi) is 7.88. The van der Waals surface area contributed by atoms with E-state index >= 15 is 0 Å². The van der Waals surface area contributed by atoms with Crippen LogP contribution in [0.1, 0.15) is 26.3 Å². The van der Waals surface area contributed by atoms with E-state index in [9.17, 15) is 0 Å². The molecule has 0 aliphatic carbocycles. The van der Waals surface area contributed by atoms with Crippen LogP contribution < -0.4 is 10.2 Å². The molecule has 114 valence electrons. The van der Waals surface area contributed by atoms with E-state index < -0.39 is 0 Å². The minimum atomic E-state index is 0.641. The summed E-state index contributed by atoms with van der Waals surface area (Å²) in [5.74, 6) is 1.47. The summed E-state index contributed by atoms with van der Waals surface area (Å²) in [6, 6.07) is 1.99. The number of nitrogens with one attached hydrogen (secondary N) is 1. The standard InChI is InChI=1S/C15H26ClN3O/c1-5-19(6-7-20-4)15-14(16)8-13(11-18-15)10-17-9-12(2)3/h8,11-12,17H,5-7,9-10H2,1-4H3. The van der Waals surface area contributed by atoms with Gasteiger partial charge in [0.15, 0.2) is 0 Å². The van der Waals surface area contributed by atoms with Crippen molar-refractivity contribution in [1.82, 2.24) is 10.3 Å². The smallest absolute Gasteiger partial charge is 0.147 e. The van der Waals surface area contributed by atoms with Gasteiger partial charge in [0, 0.05) is 32.9 Å². The fourth-order valence-corrected chi connectivity index (χ4v) is 2.23. The number of pyridine rings is 1. The molecule has 4 nitrogen and oxygen atoms in total. The molecule has 20 heavy (non-hydrogen) atoms. The molecule has 0 aliphatic rings. The highest BCUT2D eigenvalue weighted by molar-refractivity contribution is 6.33. The molecule has 0 saturated heterocycles. The zero-order valence-electron chi connectivity index (χ0n) is 12.9. The zero-order valence-corrected chi connectivity index (χ0v) is 13.7. The third kappa shape index (κ3) is 5.65. The third-order valence-electron chi connectivity index (χ3n) is 3.01. The molecule has 1 aromatic heterocycles. The van der Waals surface area contributed by atoms with E-state index in [1.54, 1.807) is 7.11 Å². The summed E-state index contributed by atoms with van der Waals surface area (Å²) in [5, 5.41) is 4.09. The van der Waals surface area contributed by atoms with Gasteiger partial charge in [-0.2, -0.15) is 0 Å². The van der Waals surface area contributed by atoms with Crippen LogP contribution in [0.15, 0.2) is 12.3 Å². The number of anilines is 1. The van der Waals surface area contributed by atoms with E-state index in [0.29, 0.717) is 17.5 Å². The predicted molar refractivity (Wildman–Crippen MR) is 85.6 cm³/mol. The highest BCUT2D eigenvalue weighted by atomic mass is 35.5. The summed E-state index contributed by atoms with van der Waals surface area (Å²) < 4.78 is 5.11. The summed E-state index contributed by atoms with van der Waals surface area (Å²) in [7, 11) is 1.70. The highest BCUT2D eigenvalue weighted by Gasteiger charge is 2.11. The molecule has 1 heterocycles. The molecule has 0 aromatic carbocycles. The lowest BCUT2D eigenvalue weighted by Crippen LogP contribution is -2.28. The normalized spacial score (nSPS) is 11.1. The second-order valence-electron chi connectivity index (χ2n) is 5.25. The van der Waals surface area contributed by atoms with E-state index in [4.69, 9.17) is 16.3 Å². The fourth-order valence-electron chi connectivity index (χ4n) is 1.92. The molecule has 0 aliphatic heterocycles. The first-order chi connectivity index (χ1) is 9.58. The van der Waals surface area contributed by atoms with Crippen molar-refractivity contribution in [2.75, 3.05) is 38.3 Å². The second kappa shape index (κ2) is 9.16. The molecule has 0 spiro atoms. The zero-order chi connectivity index (χ0) is 15.0. The summed E-state index contributed by atoms with van der Waals surface area (Å²) >= 11 is 6.35. The number of rotatable bonds is 9. The summed E-state index contributed by atoms with van der Waals surface area (Å²) in [4.78, 5) is 6.62. The van der Waals surface area contributed by atoms with Gasteiger partial charge in [0.2, 0.25) is 0 Å². The summed E-state index contributed by atoms with van der Waals surface area (Å²) in [5.41, 5.74) is 1.11. The molecule has 1 aromatic rings. The van der Waals surface area contributed by atoms with Crippen molar-refractivity contribution in [1.29, 1.82) is 0 Å². The van der Waals surface area contributed by atoms with Gasteiger partial charge in [-0.15, -0.1) is 0 Å². The molecule has 0 unspecified atom stereocenters. The minimum Gasteiger partial charge on any atom is -0.383 e. The summed E-state index contributed by atoms with van der Waals surface area (Å²) in [6.07, 6.45) is 1.89. The number of hydrogen-bond donors (Lipinski definition) is 1.